The van der Waals surface area contributed by atoms with Crippen LogP contribution in [0.5, 0.6) is 0 Å². The van der Waals surface area contributed by atoms with Crippen LogP contribution < -0.4 is 0 Å². The Morgan fingerprint density at radius 2 is 0.978 bits per heavy atom. The third kappa shape index (κ3) is 3.55. The lowest BCUT2D eigenvalue weighted by atomic mass is 9.98. The van der Waals surface area contributed by atoms with Gasteiger partial charge in [-0.25, -0.2) is 0 Å². The molecule has 3 aromatic heterocycles. The number of benzene rings is 7. The van der Waals surface area contributed by atoms with Gasteiger partial charge in [0.1, 0.15) is 0 Å². The first-order chi connectivity index (χ1) is 22.8. The Morgan fingerprint density at radius 1 is 0.370 bits per heavy atom. The molecule has 0 atom stereocenters. The van der Waals surface area contributed by atoms with Crippen LogP contribution >= 0.6 is 0 Å². The van der Waals surface area contributed by atoms with Gasteiger partial charge in [0.2, 0.25) is 0 Å². The van der Waals surface area contributed by atoms with Gasteiger partial charge < -0.3 is 9.13 Å². The van der Waals surface area contributed by atoms with Crippen molar-refractivity contribution in [3.8, 4) is 22.5 Å². The summed E-state index contributed by atoms with van der Waals surface area (Å²) in [5.41, 5.74) is 9.25. The van der Waals surface area contributed by atoms with Crippen LogP contribution in [0.2, 0.25) is 0 Å². The Balaban J connectivity index is 1.24. The van der Waals surface area contributed by atoms with E-state index >= 15 is 0 Å². The van der Waals surface area contributed by atoms with E-state index in [-0.39, 0.29) is 0 Å². The summed E-state index contributed by atoms with van der Waals surface area (Å²) in [6.07, 6.45) is 3.82. The standard InChI is InChI=1S/C42H26N4/c1-2-12-30(13-3-1)45-38-16-8-6-14-32(38)34-19-18-29(24-41(34)45)31-20-21-40(37-26-44-43-25-36(31)37)46-39-17-9-7-15-33(39)35-22-27-10-4-5-11-28(27)23-42(35)46/h1-26H. The summed E-state index contributed by atoms with van der Waals surface area (Å²) in [6.45, 7) is 0. The van der Waals surface area contributed by atoms with Crippen molar-refractivity contribution in [1.82, 2.24) is 19.3 Å². The predicted molar refractivity (Wildman–Crippen MR) is 191 cm³/mol. The van der Waals surface area contributed by atoms with Crippen LogP contribution in [-0.2, 0) is 0 Å². The minimum Gasteiger partial charge on any atom is -0.309 e. The minimum atomic E-state index is 1.06. The molecule has 0 aliphatic carbocycles. The molecule has 0 aliphatic rings. The van der Waals surface area contributed by atoms with Crippen molar-refractivity contribution >= 4 is 65.2 Å². The van der Waals surface area contributed by atoms with Crippen molar-refractivity contribution in [3.63, 3.8) is 0 Å². The van der Waals surface area contributed by atoms with Crippen LogP contribution in [0.25, 0.3) is 87.7 Å². The highest BCUT2D eigenvalue weighted by molar-refractivity contribution is 6.15. The second kappa shape index (κ2) is 9.62. The zero-order valence-electron chi connectivity index (χ0n) is 24.8. The zero-order valence-corrected chi connectivity index (χ0v) is 24.8. The maximum Gasteiger partial charge on any atom is 0.0596 e. The monoisotopic (exact) mass is 586 g/mol. The van der Waals surface area contributed by atoms with Gasteiger partial charge in [-0.15, -0.1) is 0 Å². The molecule has 0 aliphatic heterocycles. The van der Waals surface area contributed by atoms with Gasteiger partial charge in [-0.1, -0.05) is 97.1 Å². The highest BCUT2D eigenvalue weighted by Crippen LogP contribution is 2.40. The first-order valence-corrected chi connectivity index (χ1v) is 15.6. The molecule has 0 amide bonds. The van der Waals surface area contributed by atoms with Crippen molar-refractivity contribution in [3.05, 3.63) is 158 Å². The van der Waals surface area contributed by atoms with E-state index < -0.39 is 0 Å². The summed E-state index contributed by atoms with van der Waals surface area (Å²) in [7, 11) is 0. The molecule has 0 saturated carbocycles. The zero-order chi connectivity index (χ0) is 30.2. The first kappa shape index (κ1) is 25.1. The molecule has 0 unspecified atom stereocenters. The summed E-state index contributed by atoms with van der Waals surface area (Å²) in [5.74, 6) is 0. The molecule has 4 nitrogen and oxygen atoms in total. The third-order valence-corrected chi connectivity index (χ3v) is 9.48. The van der Waals surface area contributed by atoms with Gasteiger partial charge in [-0.3, -0.25) is 0 Å². The van der Waals surface area contributed by atoms with Crippen LogP contribution in [0.4, 0.5) is 0 Å². The second-order valence-corrected chi connectivity index (χ2v) is 11.9. The molecule has 0 bridgehead atoms. The number of hydrogen-bond acceptors (Lipinski definition) is 2. The molecule has 7 aromatic carbocycles. The summed E-state index contributed by atoms with van der Waals surface area (Å²) < 4.78 is 4.76. The van der Waals surface area contributed by atoms with E-state index in [0.717, 1.165) is 33.3 Å². The van der Waals surface area contributed by atoms with Gasteiger partial charge in [0.15, 0.2) is 0 Å². The molecule has 214 valence electrons. The molecule has 3 heterocycles. The maximum atomic E-state index is 4.39. The van der Waals surface area contributed by atoms with Crippen molar-refractivity contribution in [2.75, 3.05) is 0 Å². The van der Waals surface area contributed by atoms with Gasteiger partial charge in [0, 0.05) is 38.0 Å². The average molecular weight is 587 g/mol. The number of fused-ring (bicyclic) bond motifs is 8. The van der Waals surface area contributed by atoms with Crippen LogP contribution in [0.3, 0.4) is 0 Å². The van der Waals surface area contributed by atoms with Gasteiger partial charge in [0.25, 0.3) is 0 Å². The van der Waals surface area contributed by atoms with E-state index in [9.17, 15) is 0 Å². The molecule has 46 heavy (non-hydrogen) atoms. The second-order valence-electron chi connectivity index (χ2n) is 11.9. The molecular weight excluding hydrogens is 560 g/mol. The Hall–Kier alpha value is -6.26. The Morgan fingerprint density at radius 3 is 1.78 bits per heavy atom. The molecule has 4 heteroatoms. The number of rotatable bonds is 3. The summed E-state index contributed by atoms with van der Waals surface area (Å²) in [4.78, 5) is 0. The smallest absolute Gasteiger partial charge is 0.0596 e. The topological polar surface area (TPSA) is 35.6 Å². The van der Waals surface area contributed by atoms with E-state index in [2.05, 4.69) is 165 Å². The van der Waals surface area contributed by atoms with Crippen LogP contribution in [0, 0.1) is 0 Å². The van der Waals surface area contributed by atoms with Crippen LogP contribution in [-0.4, -0.2) is 19.3 Å². The average Bonchev–Trinajstić information content (AvgIpc) is 3.62. The minimum absolute atomic E-state index is 1.06. The fourth-order valence-electron chi connectivity index (χ4n) is 7.44. The van der Waals surface area contributed by atoms with Crippen molar-refractivity contribution in [2.24, 2.45) is 0 Å². The highest BCUT2D eigenvalue weighted by atomic mass is 15.1. The molecule has 10 rings (SSSR count). The van der Waals surface area contributed by atoms with E-state index in [1.807, 2.05) is 12.4 Å². The van der Waals surface area contributed by atoms with E-state index in [1.54, 1.807) is 0 Å². The Labute approximate surface area is 264 Å². The van der Waals surface area contributed by atoms with Gasteiger partial charge in [-0.2, -0.15) is 10.2 Å². The quantitative estimate of drug-likeness (QED) is 0.206. The maximum absolute atomic E-state index is 4.39. The van der Waals surface area contributed by atoms with Crippen LogP contribution in [0.1, 0.15) is 0 Å². The Bertz CT molecular complexity index is 2810. The van der Waals surface area contributed by atoms with Gasteiger partial charge >= 0.3 is 0 Å². The molecule has 0 N–H and O–H groups in total. The highest BCUT2D eigenvalue weighted by Gasteiger charge is 2.18. The van der Waals surface area contributed by atoms with E-state index in [1.165, 1.54) is 54.4 Å². The molecule has 10 aromatic rings. The van der Waals surface area contributed by atoms with Crippen LogP contribution in [0.15, 0.2) is 158 Å². The predicted octanol–water partition coefficient (Wildman–Crippen LogP) is 10.6. The first-order valence-electron chi connectivity index (χ1n) is 15.6. The number of hydrogen-bond donors (Lipinski definition) is 0. The number of nitrogens with zero attached hydrogens (tertiary/aromatic N) is 4. The van der Waals surface area contributed by atoms with Gasteiger partial charge in [0.05, 0.1) is 40.1 Å². The summed E-state index contributed by atoms with van der Waals surface area (Å²) >= 11 is 0. The fraction of sp³-hybridized carbons (Fsp3) is 0. The third-order valence-electron chi connectivity index (χ3n) is 9.48. The Kier molecular flexibility index (Phi) is 5.25. The lowest BCUT2D eigenvalue weighted by Gasteiger charge is -2.15. The van der Waals surface area contributed by atoms with Crippen molar-refractivity contribution in [2.45, 2.75) is 0 Å². The lowest BCUT2D eigenvalue weighted by molar-refractivity contribution is 1.05. The fourth-order valence-corrected chi connectivity index (χ4v) is 7.44. The number of para-hydroxylation sites is 3. The van der Waals surface area contributed by atoms with E-state index in [4.69, 9.17) is 0 Å². The van der Waals surface area contributed by atoms with E-state index in [0.29, 0.717) is 0 Å². The van der Waals surface area contributed by atoms with Crippen molar-refractivity contribution in [1.29, 1.82) is 0 Å². The normalized spacial score (nSPS) is 11.9. The summed E-state index contributed by atoms with van der Waals surface area (Å²) in [5, 5.41) is 18.3. The number of aromatic nitrogens is 4. The molecule has 0 radical (unpaired) electrons. The van der Waals surface area contributed by atoms with Gasteiger partial charge in [-0.05, 0) is 70.4 Å². The summed E-state index contributed by atoms with van der Waals surface area (Å²) in [6, 6.07) is 52.5. The molecule has 0 fully saturated rings. The molecular formula is C42H26N4. The van der Waals surface area contributed by atoms with Crippen molar-refractivity contribution < 1.29 is 0 Å². The molecule has 0 spiro atoms. The largest absolute Gasteiger partial charge is 0.309 e. The SMILES string of the molecule is c1ccc(-n2c3ccccc3c3ccc(-c4ccc(-n5c6ccccc6c6cc7ccccc7cc65)c5cnncc45)cc32)cc1. The lowest BCUT2D eigenvalue weighted by Crippen LogP contribution is -1.98. The molecule has 0 saturated heterocycles.